The number of nitrogens with zero attached hydrogens (tertiary/aromatic N) is 5. The second-order valence-corrected chi connectivity index (χ2v) is 8.32. The summed E-state index contributed by atoms with van der Waals surface area (Å²) >= 11 is 0. The van der Waals surface area contributed by atoms with Crippen molar-refractivity contribution in [2.75, 3.05) is 26.1 Å². The maximum atomic E-state index is 12.7. The monoisotopic (exact) mass is 439 g/mol. The van der Waals surface area contributed by atoms with E-state index in [-0.39, 0.29) is 18.0 Å². The smallest absolute Gasteiger partial charge is 0.237 e. The van der Waals surface area contributed by atoms with E-state index in [1.807, 2.05) is 47.8 Å². The van der Waals surface area contributed by atoms with Gasteiger partial charge in [-0.3, -0.25) is 4.79 Å². The maximum Gasteiger partial charge on any atom is 0.237 e. The van der Waals surface area contributed by atoms with Crippen molar-refractivity contribution in [3.05, 3.63) is 42.5 Å². The van der Waals surface area contributed by atoms with Crippen molar-refractivity contribution in [2.24, 2.45) is 5.73 Å². The molecular formula is C22H29N7O3. The van der Waals surface area contributed by atoms with Crippen LogP contribution < -0.4 is 20.7 Å². The molecule has 1 aromatic carbocycles. The molecule has 1 fully saturated rings. The minimum Gasteiger partial charge on any atom is -0.497 e. The highest BCUT2D eigenvalue weighted by Gasteiger charge is 2.38. The number of carbonyl (C=O) groups is 1. The number of hydrogen-bond donors (Lipinski definition) is 3. The third kappa shape index (κ3) is 4.23. The second kappa shape index (κ2) is 9.09. The Kier molecular flexibility index (Phi) is 6.24. The minimum atomic E-state index is -0.776. The van der Waals surface area contributed by atoms with Crippen LogP contribution in [0.1, 0.15) is 24.4 Å². The number of benzene rings is 1. The van der Waals surface area contributed by atoms with Crippen molar-refractivity contribution in [3.8, 4) is 5.75 Å². The number of aromatic nitrogens is 4. The number of nitrogens with one attached hydrogen (secondary N) is 1. The molecule has 1 aliphatic rings. The predicted octanol–water partition coefficient (Wildman–Crippen LogP) is 0.652. The Morgan fingerprint density at radius 2 is 2.03 bits per heavy atom. The number of imidazole rings is 1. The number of anilines is 1. The average Bonchev–Trinajstić information content (AvgIpc) is 3.37. The molecule has 10 heteroatoms. The van der Waals surface area contributed by atoms with Crippen LogP contribution in [0.4, 0.5) is 5.82 Å². The van der Waals surface area contributed by atoms with Gasteiger partial charge in [0.15, 0.2) is 17.0 Å². The van der Waals surface area contributed by atoms with Crippen LogP contribution in [0.15, 0.2) is 36.9 Å². The fourth-order valence-corrected chi connectivity index (χ4v) is 4.23. The summed E-state index contributed by atoms with van der Waals surface area (Å²) in [6, 6.07) is 6.12. The molecule has 10 nitrogen and oxygen atoms in total. The first-order chi connectivity index (χ1) is 15.4. The number of fused-ring (bicyclic) bond motifs is 1. The zero-order chi connectivity index (χ0) is 22.8. The van der Waals surface area contributed by atoms with Gasteiger partial charge in [-0.15, -0.1) is 0 Å². The molecule has 0 bridgehead atoms. The SMILES string of the molecule is COc1ccc(CC(N)C(=O)N[C@@H]2CC[C@@H](n3cnc4c(N(C)C)ncnc43)[C@@H]2O)cc1. The molecule has 3 aromatic rings. The summed E-state index contributed by atoms with van der Waals surface area (Å²) in [5.41, 5.74) is 8.42. The van der Waals surface area contributed by atoms with E-state index in [2.05, 4.69) is 20.3 Å². The van der Waals surface area contributed by atoms with E-state index in [1.165, 1.54) is 6.33 Å². The standard InChI is InChI=1S/C22H29N7O3/c1-28(2)20-18-21(25-11-24-20)29(12-26-18)17-9-8-16(19(17)30)27-22(31)15(23)10-13-4-6-14(32-3)7-5-13/h4-7,11-12,15-17,19,30H,8-10,23H2,1-3H3,(H,27,31)/t15?,16-,17-,19-/m1/s1. The maximum absolute atomic E-state index is 12.7. The fourth-order valence-electron chi connectivity index (χ4n) is 4.23. The predicted molar refractivity (Wildman–Crippen MR) is 121 cm³/mol. The van der Waals surface area contributed by atoms with Crippen LogP contribution in [0.5, 0.6) is 5.75 Å². The van der Waals surface area contributed by atoms with Crippen LogP contribution in [-0.4, -0.2) is 69.9 Å². The summed E-state index contributed by atoms with van der Waals surface area (Å²) in [5, 5.41) is 13.9. The summed E-state index contributed by atoms with van der Waals surface area (Å²) in [5.74, 6) is 1.19. The first-order valence-electron chi connectivity index (χ1n) is 10.6. The van der Waals surface area contributed by atoms with Gasteiger partial charge in [-0.05, 0) is 37.0 Å². The van der Waals surface area contributed by atoms with Gasteiger partial charge in [-0.1, -0.05) is 12.1 Å². The second-order valence-electron chi connectivity index (χ2n) is 8.32. The third-order valence-electron chi connectivity index (χ3n) is 5.98. The Labute approximate surface area is 186 Å². The van der Waals surface area contributed by atoms with E-state index < -0.39 is 12.1 Å². The molecule has 4 N–H and O–H groups in total. The number of aliphatic hydroxyl groups is 1. The number of carbonyl (C=O) groups excluding carboxylic acids is 1. The highest BCUT2D eigenvalue weighted by atomic mass is 16.5. The van der Waals surface area contributed by atoms with Gasteiger partial charge < -0.3 is 30.4 Å². The Morgan fingerprint density at radius 1 is 1.28 bits per heavy atom. The molecule has 32 heavy (non-hydrogen) atoms. The molecule has 0 saturated heterocycles. The molecule has 0 aliphatic heterocycles. The normalized spacial score (nSPS) is 21.5. The summed E-state index contributed by atoms with van der Waals surface area (Å²) in [6.07, 6.45) is 4.12. The van der Waals surface area contributed by atoms with Crippen molar-refractivity contribution in [2.45, 2.75) is 43.5 Å². The quantitative estimate of drug-likeness (QED) is 0.489. The lowest BCUT2D eigenvalue weighted by molar-refractivity contribution is -0.123. The summed E-state index contributed by atoms with van der Waals surface area (Å²) in [4.78, 5) is 27.7. The highest BCUT2D eigenvalue weighted by molar-refractivity contribution is 5.83. The Hall–Kier alpha value is -3.24. The number of amides is 1. The van der Waals surface area contributed by atoms with Crippen LogP contribution in [0.2, 0.25) is 0 Å². The van der Waals surface area contributed by atoms with Crippen molar-refractivity contribution in [3.63, 3.8) is 0 Å². The lowest BCUT2D eigenvalue weighted by Gasteiger charge is -2.23. The number of rotatable bonds is 7. The van der Waals surface area contributed by atoms with E-state index in [0.717, 1.165) is 17.1 Å². The van der Waals surface area contributed by atoms with Crippen LogP contribution >= 0.6 is 0 Å². The van der Waals surface area contributed by atoms with E-state index in [0.29, 0.717) is 30.4 Å². The lowest BCUT2D eigenvalue weighted by Crippen LogP contribution is -2.49. The van der Waals surface area contributed by atoms with Crippen molar-refractivity contribution in [1.82, 2.24) is 24.8 Å². The van der Waals surface area contributed by atoms with E-state index in [9.17, 15) is 9.90 Å². The molecule has 4 rings (SSSR count). The molecule has 2 heterocycles. The molecule has 2 aromatic heterocycles. The zero-order valence-electron chi connectivity index (χ0n) is 18.5. The van der Waals surface area contributed by atoms with Gasteiger partial charge in [0.1, 0.15) is 12.1 Å². The molecule has 1 aliphatic carbocycles. The number of hydrogen-bond acceptors (Lipinski definition) is 8. The zero-order valence-corrected chi connectivity index (χ0v) is 18.5. The van der Waals surface area contributed by atoms with Crippen molar-refractivity contribution in [1.29, 1.82) is 0 Å². The Bertz CT molecular complexity index is 1080. The van der Waals surface area contributed by atoms with Crippen molar-refractivity contribution < 1.29 is 14.6 Å². The first-order valence-corrected chi connectivity index (χ1v) is 10.6. The molecule has 1 unspecified atom stereocenters. The molecule has 1 saturated carbocycles. The molecule has 4 atom stereocenters. The first kappa shape index (κ1) is 22.0. The third-order valence-corrected chi connectivity index (χ3v) is 5.98. The summed E-state index contributed by atoms with van der Waals surface area (Å²) < 4.78 is 7.03. The van der Waals surface area contributed by atoms with Crippen molar-refractivity contribution >= 4 is 22.9 Å². The Balaban J connectivity index is 1.42. The Morgan fingerprint density at radius 3 is 2.72 bits per heavy atom. The fraction of sp³-hybridized carbons (Fsp3) is 0.455. The topological polar surface area (TPSA) is 131 Å². The molecule has 170 valence electrons. The molecule has 0 radical (unpaired) electrons. The van der Waals surface area contributed by atoms with E-state index in [1.54, 1.807) is 13.4 Å². The number of nitrogens with two attached hydrogens (primary N) is 1. The number of aliphatic hydroxyl groups excluding tert-OH is 1. The van der Waals surface area contributed by atoms with Gasteiger partial charge in [0.05, 0.1) is 37.7 Å². The van der Waals surface area contributed by atoms with Gasteiger partial charge in [-0.25, -0.2) is 15.0 Å². The van der Waals surface area contributed by atoms with Gasteiger partial charge in [0.2, 0.25) is 5.91 Å². The molecular weight excluding hydrogens is 410 g/mol. The van der Waals surface area contributed by atoms with E-state index >= 15 is 0 Å². The summed E-state index contributed by atoms with van der Waals surface area (Å²) in [7, 11) is 5.40. The average molecular weight is 440 g/mol. The van der Waals surface area contributed by atoms with Crippen LogP contribution in [0, 0.1) is 0 Å². The number of ether oxygens (including phenoxy) is 1. The van der Waals surface area contributed by atoms with Crippen LogP contribution in [-0.2, 0) is 11.2 Å². The minimum absolute atomic E-state index is 0.243. The van der Waals surface area contributed by atoms with Crippen LogP contribution in [0.3, 0.4) is 0 Å². The van der Waals surface area contributed by atoms with Gasteiger partial charge >= 0.3 is 0 Å². The largest absolute Gasteiger partial charge is 0.497 e. The highest BCUT2D eigenvalue weighted by Crippen LogP contribution is 2.33. The summed E-state index contributed by atoms with van der Waals surface area (Å²) in [6.45, 7) is 0. The molecule has 1 amide bonds. The molecule has 0 spiro atoms. The van der Waals surface area contributed by atoms with Gasteiger partial charge in [0, 0.05) is 14.1 Å². The van der Waals surface area contributed by atoms with Gasteiger partial charge in [0.25, 0.3) is 0 Å². The van der Waals surface area contributed by atoms with E-state index in [4.69, 9.17) is 10.5 Å². The van der Waals surface area contributed by atoms with Crippen LogP contribution in [0.25, 0.3) is 11.2 Å². The van der Waals surface area contributed by atoms with Gasteiger partial charge in [-0.2, -0.15) is 0 Å². The lowest BCUT2D eigenvalue weighted by atomic mass is 10.0. The number of methoxy groups -OCH3 is 1.